The zero-order valence-electron chi connectivity index (χ0n) is 23.5. The Kier molecular flexibility index (Phi) is 9.62. The van der Waals surface area contributed by atoms with Crippen LogP contribution in [0.3, 0.4) is 0 Å². The van der Waals surface area contributed by atoms with Crippen LogP contribution in [-0.4, -0.2) is 57.6 Å². The van der Waals surface area contributed by atoms with Crippen molar-refractivity contribution in [3.8, 4) is 5.75 Å². The second-order valence-corrected chi connectivity index (χ2v) is 11.6. The fourth-order valence-electron chi connectivity index (χ4n) is 4.83. The fraction of sp³-hybridized carbons (Fsp3) is 0.250. The van der Waals surface area contributed by atoms with E-state index in [9.17, 15) is 18.0 Å². The van der Waals surface area contributed by atoms with Crippen molar-refractivity contribution in [2.75, 3.05) is 30.8 Å². The number of amides is 2. The molecule has 1 atom stereocenters. The number of rotatable bonds is 12. The number of likely N-dealkylation sites (N-methyl/N-ethyl adjacent to an activating group) is 1. The van der Waals surface area contributed by atoms with E-state index in [2.05, 4.69) is 5.32 Å². The molecule has 0 saturated heterocycles. The lowest BCUT2D eigenvalue weighted by molar-refractivity contribution is -0.140. The highest BCUT2D eigenvalue weighted by Crippen LogP contribution is 2.29. The highest BCUT2D eigenvalue weighted by molar-refractivity contribution is 7.92. The smallest absolute Gasteiger partial charge is 0.244 e. The molecule has 0 fully saturated rings. The molecule has 1 N–H and O–H groups in total. The second-order valence-electron chi connectivity index (χ2n) is 9.74. The van der Waals surface area contributed by atoms with Crippen LogP contribution in [0.25, 0.3) is 10.8 Å². The molecule has 0 aliphatic rings. The van der Waals surface area contributed by atoms with Crippen molar-refractivity contribution < 1.29 is 22.7 Å². The van der Waals surface area contributed by atoms with Gasteiger partial charge in [0.05, 0.1) is 19.1 Å². The third kappa shape index (κ3) is 7.43. The van der Waals surface area contributed by atoms with Gasteiger partial charge in [-0.05, 0) is 41.6 Å². The molecule has 214 valence electrons. The fourth-order valence-corrected chi connectivity index (χ4v) is 5.70. The third-order valence-corrected chi connectivity index (χ3v) is 7.95. The number of carbonyl (C=O) groups is 2. The molecule has 8 nitrogen and oxygen atoms in total. The van der Waals surface area contributed by atoms with Crippen molar-refractivity contribution >= 4 is 38.3 Å². The molecule has 9 heteroatoms. The number of nitrogens with one attached hydrogen (secondary N) is 1. The van der Waals surface area contributed by atoms with Crippen LogP contribution in [0.4, 0.5) is 5.69 Å². The van der Waals surface area contributed by atoms with Gasteiger partial charge >= 0.3 is 0 Å². The summed E-state index contributed by atoms with van der Waals surface area (Å²) in [7, 11) is -2.31. The van der Waals surface area contributed by atoms with E-state index in [1.807, 2.05) is 79.7 Å². The van der Waals surface area contributed by atoms with Crippen LogP contribution in [0, 0.1) is 0 Å². The molecule has 4 aromatic rings. The Morgan fingerprint density at radius 3 is 2.24 bits per heavy atom. The Morgan fingerprint density at radius 2 is 1.54 bits per heavy atom. The minimum absolute atomic E-state index is 0.0812. The second kappa shape index (κ2) is 13.3. The molecular weight excluding hydrogens is 538 g/mol. The number of hydrogen-bond acceptors (Lipinski definition) is 5. The molecule has 0 bridgehead atoms. The average molecular weight is 574 g/mol. The molecule has 0 aliphatic carbocycles. The average Bonchev–Trinajstić information content (AvgIpc) is 2.97. The number of anilines is 1. The standard InChI is InChI=1S/C32H35N3O5S/c1-4-33-32(37)30(21-24-12-6-5-7-13-24)34(22-25-14-10-17-27(20-25)40-2)31(36)23-35(41(3,38)39)29-19-11-16-26-15-8-9-18-28(26)29/h5-20,30H,4,21-23H2,1-3H3,(H,33,37). The van der Waals surface area contributed by atoms with Crippen molar-refractivity contribution in [2.45, 2.75) is 25.9 Å². The Labute approximate surface area is 241 Å². The van der Waals surface area contributed by atoms with Crippen LogP contribution in [0.2, 0.25) is 0 Å². The molecule has 0 spiro atoms. The Morgan fingerprint density at radius 1 is 0.878 bits per heavy atom. The van der Waals surface area contributed by atoms with Gasteiger partial charge in [0.25, 0.3) is 0 Å². The van der Waals surface area contributed by atoms with E-state index in [1.54, 1.807) is 31.4 Å². The Hall–Kier alpha value is -4.37. The summed E-state index contributed by atoms with van der Waals surface area (Å²) >= 11 is 0. The van der Waals surface area contributed by atoms with Crippen LogP contribution in [-0.2, 0) is 32.6 Å². The van der Waals surface area contributed by atoms with Crippen molar-refractivity contribution in [3.05, 3.63) is 108 Å². The van der Waals surface area contributed by atoms with Crippen LogP contribution in [0.5, 0.6) is 5.75 Å². The van der Waals surface area contributed by atoms with E-state index in [0.29, 0.717) is 23.4 Å². The summed E-state index contributed by atoms with van der Waals surface area (Å²) in [6, 6.07) is 28.6. The predicted octanol–water partition coefficient (Wildman–Crippen LogP) is 4.39. The van der Waals surface area contributed by atoms with E-state index in [4.69, 9.17) is 4.74 Å². The topological polar surface area (TPSA) is 96.0 Å². The molecule has 0 aromatic heterocycles. The highest BCUT2D eigenvalue weighted by Gasteiger charge is 2.33. The lowest BCUT2D eigenvalue weighted by atomic mass is 10.0. The van der Waals surface area contributed by atoms with Gasteiger partial charge in [-0.15, -0.1) is 0 Å². The molecule has 0 saturated carbocycles. The van der Waals surface area contributed by atoms with Gasteiger partial charge in [0, 0.05) is 24.9 Å². The maximum atomic E-state index is 14.2. The minimum Gasteiger partial charge on any atom is -0.497 e. The number of sulfonamides is 1. The summed E-state index contributed by atoms with van der Waals surface area (Å²) in [5.74, 6) is -0.205. The summed E-state index contributed by atoms with van der Waals surface area (Å²) in [4.78, 5) is 29.2. The van der Waals surface area contributed by atoms with Gasteiger partial charge in [-0.1, -0.05) is 78.9 Å². The van der Waals surface area contributed by atoms with Gasteiger partial charge < -0.3 is 15.0 Å². The summed E-state index contributed by atoms with van der Waals surface area (Å²) in [5, 5.41) is 4.42. The number of nitrogens with zero attached hydrogens (tertiary/aromatic N) is 2. The maximum absolute atomic E-state index is 14.2. The minimum atomic E-state index is -3.87. The van der Waals surface area contributed by atoms with Crippen molar-refractivity contribution in [1.29, 1.82) is 0 Å². The SMILES string of the molecule is CCNC(=O)C(Cc1ccccc1)N(Cc1cccc(OC)c1)C(=O)CN(c1cccc2ccccc12)S(C)(=O)=O. The van der Waals surface area contributed by atoms with Gasteiger partial charge in [-0.25, -0.2) is 8.42 Å². The zero-order chi connectivity index (χ0) is 29.4. The third-order valence-electron chi connectivity index (χ3n) is 6.82. The van der Waals surface area contributed by atoms with Gasteiger partial charge in [0.1, 0.15) is 18.3 Å². The molecule has 0 heterocycles. The zero-order valence-corrected chi connectivity index (χ0v) is 24.3. The number of benzene rings is 4. The number of hydrogen-bond donors (Lipinski definition) is 1. The first kappa shape index (κ1) is 29.6. The summed E-state index contributed by atoms with van der Waals surface area (Å²) in [5.41, 5.74) is 2.02. The lowest BCUT2D eigenvalue weighted by Gasteiger charge is -2.33. The van der Waals surface area contributed by atoms with Crippen LogP contribution in [0.1, 0.15) is 18.1 Å². The highest BCUT2D eigenvalue weighted by atomic mass is 32.2. The van der Waals surface area contributed by atoms with Gasteiger partial charge in [-0.3, -0.25) is 13.9 Å². The van der Waals surface area contributed by atoms with E-state index in [0.717, 1.165) is 27.1 Å². The largest absolute Gasteiger partial charge is 0.497 e. The lowest BCUT2D eigenvalue weighted by Crippen LogP contribution is -2.53. The molecule has 4 rings (SSSR count). The molecule has 0 aliphatic heterocycles. The number of methoxy groups -OCH3 is 1. The first-order valence-electron chi connectivity index (χ1n) is 13.4. The maximum Gasteiger partial charge on any atom is 0.244 e. The molecular formula is C32H35N3O5S. The van der Waals surface area contributed by atoms with Crippen LogP contribution >= 0.6 is 0 Å². The Bertz CT molecular complexity index is 1600. The number of ether oxygens (including phenoxy) is 1. The molecule has 41 heavy (non-hydrogen) atoms. The molecule has 0 radical (unpaired) electrons. The number of carbonyl (C=O) groups excluding carboxylic acids is 2. The molecule has 4 aromatic carbocycles. The first-order chi connectivity index (χ1) is 19.7. The predicted molar refractivity (Wildman–Crippen MR) is 162 cm³/mol. The van der Waals surface area contributed by atoms with Crippen LogP contribution in [0.15, 0.2) is 97.1 Å². The monoisotopic (exact) mass is 573 g/mol. The summed E-state index contributed by atoms with van der Waals surface area (Å²) < 4.78 is 32.8. The van der Waals surface area contributed by atoms with Crippen molar-refractivity contribution in [1.82, 2.24) is 10.2 Å². The van der Waals surface area contributed by atoms with Crippen molar-refractivity contribution in [2.24, 2.45) is 0 Å². The number of fused-ring (bicyclic) bond motifs is 1. The van der Waals surface area contributed by atoms with Crippen molar-refractivity contribution in [3.63, 3.8) is 0 Å². The van der Waals surface area contributed by atoms with E-state index >= 15 is 0 Å². The molecule has 1 unspecified atom stereocenters. The summed E-state index contributed by atoms with van der Waals surface area (Å²) in [6.45, 7) is 1.81. The van der Waals surface area contributed by atoms with E-state index in [1.165, 1.54) is 4.90 Å². The van der Waals surface area contributed by atoms with Crippen LogP contribution < -0.4 is 14.4 Å². The Balaban J connectivity index is 1.78. The van der Waals surface area contributed by atoms with Gasteiger partial charge in [-0.2, -0.15) is 0 Å². The normalized spacial score (nSPS) is 12.0. The summed E-state index contributed by atoms with van der Waals surface area (Å²) in [6.07, 6.45) is 1.34. The van der Waals surface area contributed by atoms with Gasteiger partial charge in [0.15, 0.2) is 0 Å². The quantitative estimate of drug-likeness (QED) is 0.271. The van der Waals surface area contributed by atoms with Gasteiger partial charge in [0.2, 0.25) is 21.8 Å². The first-order valence-corrected chi connectivity index (χ1v) is 15.3. The molecule has 2 amide bonds. The van der Waals surface area contributed by atoms with E-state index < -0.39 is 28.5 Å². The van der Waals surface area contributed by atoms with E-state index in [-0.39, 0.29) is 18.9 Å².